The maximum Gasteiger partial charge on any atom is 0.273 e. The van der Waals surface area contributed by atoms with Gasteiger partial charge in [-0.1, -0.05) is 24.4 Å². The van der Waals surface area contributed by atoms with Gasteiger partial charge in [-0.05, 0) is 36.8 Å². The number of nitrogens with zero attached hydrogens (tertiary/aromatic N) is 1. The molecule has 0 aliphatic heterocycles. The van der Waals surface area contributed by atoms with Gasteiger partial charge in [-0.3, -0.25) is 4.31 Å². The number of thiocarbonyl (C=S) groups is 1. The Morgan fingerprint density at radius 3 is 2.55 bits per heavy atom. The Morgan fingerprint density at radius 2 is 2.00 bits per heavy atom. The van der Waals surface area contributed by atoms with Crippen LogP contribution >= 0.6 is 23.6 Å². The van der Waals surface area contributed by atoms with Crippen LogP contribution in [0.1, 0.15) is 10.4 Å². The van der Waals surface area contributed by atoms with Crippen molar-refractivity contribution in [3.63, 3.8) is 0 Å². The Labute approximate surface area is 127 Å². The summed E-state index contributed by atoms with van der Waals surface area (Å²) in [6.45, 7) is 1.92. The molecule has 7 heteroatoms. The second-order valence-electron chi connectivity index (χ2n) is 4.29. The molecule has 4 nitrogen and oxygen atoms in total. The summed E-state index contributed by atoms with van der Waals surface area (Å²) in [7, 11) is -2.05. The molecule has 2 N–H and O–H groups in total. The Morgan fingerprint density at radius 1 is 1.30 bits per heavy atom. The van der Waals surface area contributed by atoms with E-state index < -0.39 is 10.0 Å². The number of rotatable bonds is 4. The van der Waals surface area contributed by atoms with Gasteiger partial charge < -0.3 is 5.73 Å². The zero-order valence-electron chi connectivity index (χ0n) is 11.0. The first-order valence-electron chi connectivity index (χ1n) is 5.77. The zero-order chi connectivity index (χ0) is 14.9. The Hall–Kier alpha value is -1.44. The van der Waals surface area contributed by atoms with Crippen LogP contribution in [-0.2, 0) is 10.0 Å². The third-order valence-corrected chi connectivity index (χ3v) is 6.52. The molecule has 0 saturated carbocycles. The van der Waals surface area contributed by atoms with Crippen LogP contribution in [0.25, 0.3) is 0 Å². The SMILES string of the molecule is Cc1cccc(N(C)S(=O)(=O)c2ccc(C(N)=S)s2)c1. The van der Waals surface area contributed by atoms with Crippen molar-refractivity contribution in [3.05, 3.63) is 46.8 Å². The molecule has 0 unspecified atom stereocenters. The standard InChI is InChI=1S/C13H14N2O2S3/c1-9-4-3-5-10(8-9)15(2)20(16,17)12-7-6-11(19-12)13(14)18/h3-8H,1-2H3,(H2,14,18). The van der Waals surface area contributed by atoms with E-state index in [1.165, 1.54) is 17.4 Å². The molecule has 106 valence electrons. The molecule has 0 amide bonds. The molecule has 0 spiro atoms. The quantitative estimate of drug-likeness (QED) is 0.877. The van der Waals surface area contributed by atoms with Gasteiger partial charge in [0.05, 0.1) is 10.6 Å². The first-order chi connectivity index (χ1) is 9.32. The van der Waals surface area contributed by atoms with E-state index in [1.54, 1.807) is 12.1 Å². The van der Waals surface area contributed by atoms with Crippen LogP contribution in [0.15, 0.2) is 40.6 Å². The number of thiophene rings is 1. The predicted octanol–water partition coefficient (Wildman–Crippen LogP) is 2.52. The molecule has 0 fully saturated rings. The van der Waals surface area contributed by atoms with E-state index >= 15 is 0 Å². The molecule has 2 rings (SSSR count). The number of hydrogen-bond donors (Lipinski definition) is 1. The van der Waals surface area contributed by atoms with E-state index in [9.17, 15) is 8.42 Å². The lowest BCUT2D eigenvalue weighted by molar-refractivity contribution is 0.596. The molecule has 1 aromatic heterocycles. The minimum Gasteiger partial charge on any atom is -0.389 e. The van der Waals surface area contributed by atoms with Crippen molar-refractivity contribution in [3.8, 4) is 0 Å². The monoisotopic (exact) mass is 326 g/mol. The minimum atomic E-state index is -3.58. The Bertz CT molecular complexity index is 750. The number of sulfonamides is 1. The van der Waals surface area contributed by atoms with Gasteiger partial charge in [0, 0.05) is 7.05 Å². The Balaban J connectivity index is 2.41. The van der Waals surface area contributed by atoms with Crippen molar-refractivity contribution in [1.29, 1.82) is 0 Å². The van der Waals surface area contributed by atoms with Crippen molar-refractivity contribution < 1.29 is 8.42 Å². The molecule has 1 aromatic carbocycles. The summed E-state index contributed by atoms with van der Waals surface area (Å²) in [5, 5.41) is 0. The lowest BCUT2D eigenvalue weighted by Crippen LogP contribution is -2.25. The van der Waals surface area contributed by atoms with E-state index in [1.807, 2.05) is 25.1 Å². The minimum absolute atomic E-state index is 0.203. The van der Waals surface area contributed by atoms with E-state index in [0.29, 0.717) is 10.6 Å². The number of hydrogen-bond acceptors (Lipinski definition) is 4. The van der Waals surface area contributed by atoms with Crippen LogP contribution in [0.4, 0.5) is 5.69 Å². The fourth-order valence-corrected chi connectivity index (χ4v) is 4.40. The average molecular weight is 326 g/mol. The third kappa shape index (κ3) is 2.84. The second-order valence-corrected chi connectivity index (χ2v) is 8.01. The van der Waals surface area contributed by atoms with Crippen LogP contribution in [0, 0.1) is 6.92 Å². The summed E-state index contributed by atoms with van der Waals surface area (Å²) in [5.74, 6) is 0. The highest BCUT2D eigenvalue weighted by Crippen LogP contribution is 2.27. The van der Waals surface area contributed by atoms with Gasteiger partial charge in [-0.2, -0.15) is 0 Å². The van der Waals surface area contributed by atoms with Gasteiger partial charge in [0.15, 0.2) is 0 Å². The van der Waals surface area contributed by atoms with Crippen molar-refractivity contribution in [2.75, 3.05) is 11.4 Å². The fraction of sp³-hybridized carbons (Fsp3) is 0.154. The number of benzene rings is 1. The molecular weight excluding hydrogens is 312 g/mol. The molecular formula is C13H14N2O2S3. The molecule has 0 radical (unpaired) electrons. The lowest BCUT2D eigenvalue weighted by Gasteiger charge is -2.18. The summed E-state index contributed by atoms with van der Waals surface area (Å²) in [4.78, 5) is 0.797. The van der Waals surface area contributed by atoms with Gasteiger partial charge in [0.2, 0.25) is 0 Å². The van der Waals surface area contributed by atoms with Crippen LogP contribution in [0.2, 0.25) is 0 Å². The topological polar surface area (TPSA) is 63.4 Å². The highest BCUT2D eigenvalue weighted by Gasteiger charge is 2.23. The van der Waals surface area contributed by atoms with Crippen molar-refractivity contribution >= 4 is 44.3 Å². The van der Waals surface area contributed by atoms with Gasteiger partial charge in [0.25, 0.3) is 10.0 Å². The summed E-state index contributed by atoms with van der Waals surface area (Å²) in [6, 6.07) is 10.5. The van der Waals surface area contributed by atoms with Crippen LogP contribution in [-0.4, -0.2) is 20.5 Å². The molecule has 0 saturated heterocycles. The highest BCUT2D eigenvalue weighted by molar-refractivity contribution is 7.94. The summed E-state index contributed by atoms with van der Waals surface area (Å²) in [6.07, 6.45) is 0. The van der Waals surface area contributed by atoms with E-state index in [2.05, 4.69) is 0 Å². The van der Waals surface area contributed by atoms with Crippen LogP contribution in [0.5, 0.6) is 0 Å². The van der Waals surface area contributed by atoms with Gasteiger partial charge in [-0.15, -0.1) is 11.3 Å². The first-order valence-corrected chi connectivity index (χ1v) is 8.44. The molecule has 20 heavy (non-hydrogen) atoms. The maximum absolute atomic E-state index is 12.5. The molecule has 2 aromatic rings. The van der Waals surface area contributed by atoms with E-state index in [0.717, 1.165) is 16.9 Å². The van der Waals surface area contributed by atoms with Crippen molar-refractivity contribution in [2.24, 2.45) is 5.73 Å². The largest absolute Gasteiger partial charge is 0.389 e. The van der Waals surface area contributed by atoms with Crippen LogP contribution < -0.4 is 10.0 Å². The Kier molecular flexibility index (Phi) is 4.12. The molecule has 0 aliphatic rings. The van der Waals surface area contributed by atoms with Gasteiger partial charge in [0.1, 0.15) is 9.20 Å². The number of nitrogens with two attached hydrogens (primary N) is 1. The molecule has 0 atom stereocenters. The maximum atomic E-state index is 12.5. The van der Waals surface area contributed by atoms with E-state index in [4.69, 9.17) is 18.0 Å². The summed E-state index contributed by atoms with van der Waals surface area (Å²) >= 11 is 5.93. The van der Waals surface area contributed by atoms with Crippen molar-refractivity contribution in [2.45, 2.75) is 11.1 Å². The third-order valence-electron chi connectivity index (χ3n) is 2.80. The number of aryl methyl sites for hydroxylation is 1. The lowest BCUT2D eigenvalue weighted by atomic mass is 10.2. The second kappa shape index (κ2) is 5.51. The average Bonchev–Trinajstić information content (AvgIpc) is 2.88. The van der Waals surface area contributed by atoms with Gasteiger partial charge in [-0.25, -0.2) is 8.42 Å². The van der Waals surface area contributed by atoms with Crippen molar-refractivity contribution in [1.82, 2.24) is 0 Å². The molecule has 0 bridgehead atoms. The van der Waals surface area contributed by atoms with Gasteiger partial charge >= 0.3 is 0 Å². The predicted molar refractivity (Wildman–Crippen MR) is 87.0 cm³/mol. The van der Waals surface area contributed by atoms with Crippen LogP contribution in [0.3, 0.4) is 0 Å². The smallest absolute Gasteiger partial charge is 0.273 e. The van der Waals surface area contributed by atoms with E-state index in [-0.39, 0.29) is 9.20 Å². The highest BCUT2D eigenvalue weighted by atomic mass is 32.2. The molecule has 0 aliphatic carbocycles. The fourth-order valence-electron chi connectivity index (χ4n) is 1.69. The zero-order valence-corrected chi connectivity index (χ0v) is 13.5. The summed E-state index contributed by atoms with van der Waals surface area (Å²) in [5.41, 5.74) is 7.13. The summed E-state index contributed by atoms with van der Waals surface area (Å²) < 4.78 is 26.5. The first kappa shape index (κ1) is 15.0. The number of anilines is 1. The molecule has 1 heterocycles. The normalized spacial score (nSPS) is 11.3.